The van der Waals surface area contributed by atoms with E-state index in [1.807, 2.05) is 4.90 Å². The molecule has 0 bridgehead atoms. The molecule has 1 N–H and O–H groups in total. The number of amides is 1. The molecule has 0 aromatic carbocycles. The van der Waals surface area contributed by atoms with Gasteiger partial charge in [-0.25, -0.2) is 4.98 Å². The van der Waals surface area contributed by atoms with Gasteiger partial charge in [-0.15, -0.1) is 0 Å². The van der Waals surface area contributed by atoms with E-state index in [-0.39, 0.29) is 11.9 Å². The molecule has 2 atom stereocenters. The SMILES string of the molecule is COCCCn1cc(C)c2ccc([C@@H](C)N(C(=O)[C@H]3CNCCO3)C3CC3)nc21. The molecule has 1 saturated carbocycles. The van der Waals surface area contributed by atoms with Crippen LogP contribution in [0.3, 0.4) is 0 Å². The van der Waals surface area contributed by atoms with Gasteiger partial charge in [-0.05, 0) is 50.8 Å². The largest absolute Gasteiger partial charge is 0.385 e. The fraction of sp³-hybridized carbons (Fsp3) is 0.636. The molecule has 2 aromatic heterocycles. The Morgan fingerprint density at radius 2 is 2.28 bits per heavy atom. The number of aryl methyl sites for hydroxylation is 2. The molecule has 158 valence electrons. The second-order valence-electron chi connectivity index (χ2n) is 8.18. The summed E-state index contributed by atoms with van der Waals surface area (Å²) >= 11 is 0. The monoisotopic (exact) mass is 400 g/mol. The number of pyridine rings is 1. The molecule has 7 nitrogen and oxygen atoms in total. The fourth-order valence-electron chi connectivity index (χ4n) is 4.21. The molecule has 3 heterocycles. The Labute approximate surface area is 172 Å². The van der Waals surface area contributed by atoms with E-state index in [1.165, 1.54) is 10.9 Å². The third-order valence-electron chi connectivity index (χ3n) is 5.93. The molecule has 2 aliphatic rings. The number of hydrogen-bond donors (Lipinski definition) is 1. The summed E-state index contributed by atoms with van der Waals surface area (Å²) in [5.41, 5.74) is 3.15. The number of rotatable bonds is 8. The molecule has 1 saturated heterocycles. The van der Waals surface area contributed by atoms with Gasteiger partial charge in [-0.3, -0.25) is 4.79 Å². The van der Waals surface area contributed by atoms with Crippen molar-refractivity contribution in [3.05, 3.63) is 29.6 Å². The standard InChI is InChI=1S/C22H32N4O3/c1-15-14-25(10-4-11-28-3)21-18(15)7-8-19(24-21)16(2)26(17-5-6-17)22(27)20-13-23-9-12-29-20/h7-8,14,16-17,20,23H,4-6,9-13H2,1-3H3/t16-,20-/m1/s1. The number of nitrogens with one attached hydrogen (secondary N) is 1. The lowest BCUT2D eigenvalue weighted by Crippen LogP contribution is -2.50. The zero-order chi connectivity index (χ0) is 20.4. The first-order chi connectivity index (χ1) is 14.1. The molecule has 2 fully saturated rings. The quantitative estimate of drug-likeness (QED) is 0.690. The number of methoxy groups -OCH3 is 1. The minimum absolute atomic E-state index is 0.0763. The first-order valence-electron chi connectivity index (χ1n) is 10.7. The topological polar surface area (TPSA) is 68.6 Å². The van der Waals surface area contributed by atoms with Crippen molar-refractivity contribution in [2.24, 2.45) is 0 Å². The van der Waals surface area contributed by atoms with Crippen molar-refractivity contribution < 1.29 is 14.3 Å². The van der Waals surface area contributed by atoms with Crippen LogP contribution in [0.5, 0.6) is 0 Å². The first-order valence-corrected chi connectivity index (χ1v) is 10.7. The Hall–Kier alpha value is -1.96. The highest BCUT2D eigenvalue weighted by Gasteiger charge is 2.40. The smallest absolute Gasteiger partial charge is 0.253 e. The average molecular weight is 401 g/mol. The van der Waals surface area contributed by atoms with Gasteiger partial charge in [0, 0.05) is 51.0 Å². The van der Waals surface area contributed by atoms with E-state index in [0.29, 0.717) is 19.2 Å². The van der Waals surface area contributed by atoms with E-state index in [1.54, 1.807) is 7.11 Å². The molecule has 0 unspecified atom stereocenters. The van der Waals surface area contributed by atoms with Gasteiger partial charge in [0.1, 0.15) is 11.8 Å². The Morgan fingerprint density at radius 1 is 1.45 bits per heavy atom. The molecule has 4 rings (SSSR count). The number of morpholine rings is 1. The molecule has 1 aliphatic carbocycles. The number of carbonyl (C=O) groups excluding carboxylic acids is 1. The number of nitrogens with zero attached hydrogens (tertiary/aromatic N) is 3. The Kier molecular flexibility index (Phi) is 6.18. The molecule has 0 spiro atoms. The van der Waals surface area contributed by atoms with Crippen molar-refractivity contribution in [3.8, 4) is 0 Å². The van der Waals surface area contributed by atoms with Gasteiger partial charge < -0.3 is 24.3 Å². The summed E-state index contributed by atoms with van der Waals surface area (Å²) in [5, 5.41) is 4.43. The van der Waals surface area contributed by atoms with E-state index in [0.717, 1.165) is 50.3 Å². The molecule has 2 aromatic rings. The van der Waals surface area contributed by atoms with Crippen molar-refractivity contribution in [1.29, 1.82) is 0 Å². The maximum absolute atomic E-state index is 13.2. The molecule has 0 radical (unpaired) electrons. The van der Waals surface area contributed by atoms with Crippen LogP contribution in [0.2, 0.25) is 0 Å². The van der Waals surface area contributed by atoms with Crippen LogP contribution in [0, 0.1) is 6.92 Å². The van der Waals surface area contributed by atoms with E-state index in [9.17, 15) is 4.79 Å². The second-order valence-corrected chi connectivity index (χ2v) is 8.18. The summed E-state index contributed by atoms with van der Waals surface area (Å²) in [6, 6.07) is 4.44. The summed E-state index contributed by atoms with van der Waals surface area (Å²) in [7, 11) is 1.73. The van der Waals surface area contributed by atoms with Crippen LogP contribution in [0.4, 0.5) is 0 Å². The summed E-state index contributed by atoms with van der Waals surface area (Å²) in [5.74, 6) is 0.0840. The van der Waals surface area contributed by atoms with Gasteiger partial charge in [-0.2, -0.15) is 0 Å². The van der Waals surface area contributed by atoms with Crippen molar-refractivity contribution in [3.63, 3.8) is 0 Å². The maximum Gasteiger partial charge on any atom is 0.253 e. The van der Waals surface area contributed by atoms with E-state index >= 15 is 0 Å². The summed E-state index contributed by atoms with van der Waals surface area (Å²) in [6.45, 7) is 7.79. The van der Waals surface area contributed by atoms with E-state index in [4.69, 9.17) is 14.5 Å². The zero-order valence-corrected chi connectivity index (χ0v) is 17.7. The molecule has 7 heteroatoms. The molecule has 1 amide bonds. The van der Waals surface area contributed by atoms with Gasteiger partial charge in [0.2, 0.25) is 0 Å². The van der Waals surface area contributed by atoms with Crippen LogP contribution in [0.15, 0.2) is 18.3 Å². The van der Waals surface area contributed by atoms with Gasteiger partial charge in [0.05, 0.1) is 18.3 Å². The number of fused-ring (bicyclic) bond motifs is 1. The highest BCUT2D eigenvalue weighted by atomic mass is 16.5. The number of hydrogen-bond acceptors (Lipinski definition) is 5. The molecule has 29 heavy (non-hydrogen) atoms. The number of carbonyl (C=O) groups is 1. The lowest BCUT2D eigenvalue weighted by molar-refractivity contribution is -0.148. The zero-order valence-electron chi connectivity index (χ0n) is 17.7. The molecular formula is C22H32N4O3. The third kappa shape index (κ3) is 4.32. The molecular weight excluding hydrogens is 368 g/mol. The maximum atomic E-state index is 13.2. The summed E-state index contributed by atoms with van der Waals surface area (Å²) < 4.78 is 13.1. The van der Waals surface area contributed by atoms with Crippen LogP contribution in [-0.4, -0.2) is 65.9 Å². The van der Waals surface area contributed by atoms with Crippen LogP contribution < -0.4 is 5.32 Å². The van der Waals surface area contributed by atoms with Gasteiger partial charge in [0.15, 0.2) is 0 Å². The summed E-state index contributed by atoms with van der Waals surface area (Å²) in [6.07, 6.45) is 4.83. The van der Waals surface area contributed by atoms with Crippen LogP contribution in [-0.2, 0) is 20.8 Å². The van der Waals surface area contributed by atoms with Crippen molar-refractivity contribution >= 4 is 16.9 Å². The Morgan fingerprint density at radius 3 is 2.97 bits per heavy atom. The molecule has 1 aliphatic heterocycles. The highest BCUT2D eigenvalue weighted by molar-refractivity contribution is 5.83. The summed E-state index contributed by atoms with van der Waals surface area (Å²) in [4.78, 5) is 20.2. The van der Waals surface area contributed by atoms with E-state index < -0.39 is 6.10 Å². The number of aromatic nitrogens is 2. The van der Waals surface area contributed by atoms with Crippen LogP contribution >= 0.6 is 0 Å². The first kappa shape index (κ1) is 20.3. The minimum Gasteiger partial charge on any atom is -0.385 e. The lowest BCUT2D eigenvalue weighted by atomic mass is 10.1. The van der Waals surface area contributed by atoms with Crippen molar-refractivity contribution in [2.75, 3.05) is 33.4 Å². The second kappa shape index (κ2) is 8.81. The Bertz CT molecular complexity index is 855. The van der Waals surface area contributed by atoms with Crippen molar-refractivity contribution in [1.82, 2.24) is 19.8 Å². The van der Waals surface area contributed by atoms with E-state index in [2.05, 4.69) is 42.1 Å². The Balaban J connectivity index is 1.59. The fourth-order valence-corrected chi connectivity index (χ4v) is 4.21. The minimum atomic E-state index is -0.393. The van der Waals surface area contributed by atoms with Crippen LogP contribution in [0.1, 0.15) is 43.5 Å². The number of ether oxygens (including phenoxy) is 2. The highest BCUT2D eigenvalue weighted by Crippen LogP contribution is 2.35. The predicted molar refractivity (Wildman–Crippen MR) is 112 cm³/mol. The van der Waals surface area contributed by atoms with Crippen LogP contribution in [0.25, 0.3) is 11.0 Å². The van der Waals surface area contributed by atoms with Gasteiger partial charge in [0.25, 0.3) is 5.91 Å². The van der Waals surface area contributed by atoms with Crippen molar-refractivity contribution in [2.45, 2.75) is 57.8 Å². The normalized spacial score (nSPS) is 20.7. The lowest BCUT2D eigenvalue weighted by Gasteiger charge is -2.34. The average Bonchev–Trinajstić information content (AvgIpc) is 3.53. The van der Waals surface area contributed by atoms with Gasteiger partial charge in [-0.1, -0.05) is 0 Å². The predicted octanol–water partition coefficient (Wildman–Crippen LogP) is 2.42. The third-order valence-corrected chi connectivity index (χ3v) is 5.93. The van der Waals surface area contributed by atoms with Gasteiger partial charge >= 0.3 is 0 Å².